The van der Waals surface area contributed by atoms with Crippen molar-refractivity contribution in [1.29, 1.82) is 0 Å². The van der Waals surface area contributed by atoms with Crippen molar-refractivity contribution in [3.63, 3.8) is 0 Å². The highest BCUT2D eigenvalue weighted by Gasteiger charge is 2.08. The molecule has 98 valence electrons. The lowest BCUT2D eigenvalue weighted by Crippen LogP contribution is -2.28. The van der Waals surface area contributed by atoms with Gasteiger partial charge < -0.3 is 5.32 Å². The number of rotatable bonds is 8. The van der Waals surface area contributed by atoms with Gasteiger partial charge in [-0.05, 0) is 41.8 Å². The smallest absolute Gasteiger partial charge is 0.0314 e. The molecule has 0 aliphatic carbocycles. The number of aryl methyl sites for hydroxylation is 1. The normalized spacial score (nSPS) is 12.9. The third-order valence-corrected chi connectivity index (χ3v) is 5.15. The molecule has 1 nitrogen and oxygen atoms in total. The first-order chi connectivity index (χ1) is 8.17. The Kier molecular flexibility index (Phi) is 7.40. The monoisotopic (exact) mass is 317 g/mol. The minimum atomic E-state index is 0.695. The lowest BCUT2D eigenvalue weighted by Gasteiger charge is -2.17. The summed E-state index contributed by atoms with van der Waals surface area (Å²) < 4.78 is 1.25. The van der Waals surface area contributed by atoms with Gasteiger partial charge in [0.2, 0.25) is 0 Å². The fraction of sp³-hybridized carbons (Fsp3) is 0.714. The summed E-state index contributed by atoms with van der Waals surface area (Å²) in [6.45, 7) is 7.72. The molecule has 0 saturated carbocycles. The Hall–Kier alpha value is 0.140. The molecule has 0 bridgehead atoms. The summed E-state index contributed by atoms with van der Waals surface area (Å²) in [4.78, 5) is 2.81. The van der Waals surface area contributed by atoms with Crippen molar-refractivity contribution in [1.82, 2.24) is 5.32 Å². The number of thiophene rings is 1. The van der Waals surface area contributed by atoms with E-state index in [4.69, 9.17) is 0 Å². The summed E-state index contributed by atoms with van der Waals surface area (Å²) in [5.41, 5.74) is 0. The van der Waals surface area contributed by atoms with E-state index in [1.807, 2.05) is 11.3 Å². The lowest BCUT2D eigenvalue weighted by atomic mass is 10.1. The summed E-state index contributed by atoms with van der Waals surface area (Å²) in [7, 11) is 0. The first kappa shape index (κ1) is 15.2. The Morgan fingerprint density at radius 2 is 2.06 bits per heavy atom. The molecule has 1 aromatic rings. The van der Waals surface area contributed by atoms with E-state index >= 15 is 0 Å². The maximum absolute atomic E-state index is 3.70. The van der Waals surface area contributed by atoms with E-state index in [1.165, 1.54) is 46.3 Å². The Morgan fingerprint density at radius 3 is 2.59 bits per heavy atom. The van der Waals surface area contributed by atoms with Crippen LogP contribution >= 0.6 is 27.3 Å². The van der Waals surface area contributed by atoms with Crippen LogP contribution in [0, 0.1) is 6.92 Å². The zero-order chi connectivity index (χ0) is 12.7. The Morgan fingerprint density at radius 1 is 1.29 bits per heavy atom. The standard InChI is InChI=1S/C14H24BrNS/c1-4-6-8-12(7-5-2)16-10-13-9-14(15)11(3)17-13/h9,12,16H,4-8,10H2,1-3H3. The zero-order valence-electron chi connectivity index (χ0n) is 11.2. The molecule has 0 aliphatic rings. The van der Waals surface area contributed by atoms with E-state index in [0.29, 0.717) is 6.04 Å². The molecule has 1 heterocycles. The Balaban J connectivity index is 2.39. The molecule has 0 aliphatic heterocycles. The minimum absolute atomic E-state index is 0.695. The molecule has 0 aromatic carbocycles. The van der Waals surface area contributed by atoms with Crippen molar-refractivity contribution < 1.29 is 0 Å². The van der Waals surface area contributed by atoms with Gasteiger partial charge in [0.25, 0.3) is 0 Å². The first-order valence-corrected chi connectivity index (χ1v) is 8.26. The molecule has 1 N–H and O–H groups in total. The SMILES string of the molecule is CCCCC(CCC)NCc1cc(Br)c(C)s1. The van der Waals surface area contributed by atoms with Gasteiger partial charge in [-0.3, -0.25) is 0 Å². The van der Waals surface area contributed by atoms with Gasteiger partial charge in [0, 0.05) is 26.8 Å². The second-order valence-electron chi connectivity index (χ2n) is 4.63. The molecule has 17 heavy (non-hydrogen) atoms. The molecule has 1 aromatic heterocycles. The van der Waals surface area contributed by atoms with Gasteiger partial charge in [-0.15, -0.1) is 11.3 Å². The second-order valence-corrected chi connectivity index (χ2v) is 6.82. The average Bonchev–Trinajstić information content (AvgIpc) is 2.62. The molecule has 0 fully saturated rings. The van der Waals surface area contributed by atoms with E-state index in [1.54, 1.807) is 0 Å². The fourth-order valence-electron chi connectivity index (χ4n) is 2.00. The summed E-state index contributed by atoms with van der Waals surface area (Å²) in [6, 6.07) is 2.94. The van der Waals surface area contributed by atoms with E-state index in [-0.39, 0.29) is 0 Å². The number of hydrogen-bond acceptors (Lipinski definition) is 2. The van der Waals surface area contributed by atoms with Gasteiger partial charge in [-0.2, -0.15) is 0 Å². The summed E-state index contributed by atoms with van der Waals surface area (Å²) in [5.74, 6) is 0. The highest BCUT2D eigenvalue weighted by molar-refractivity contribution is 9.10. The van der Waals surface area contributed by atoms with E-state index < -0.39 is 0 Å². The molecular weight excluding hydrogens is 294 g/mol. The largest absolute Gasteiger partial charge is 0.309 e. The maximum atomic E-state index is 3.70. The van der Waals surface area contributed by atoms with Crippen LogP contribution in [0.5, 0.6) is 0 Å². The molecule has 1 atom stereocenters. The van der Waals surface area contributed by atoms with Crippen molar-refractivity contribution in [2.75, 3.05) is 0 Å². The van der Waals surface area contributed by atoms with Crippen LogP contribution in [0.15, 0.2) is 10.5 Å². The summed E-state index contributed by atoms with van der Waals surface area (Å²) in [5, 5.41) is 3.70. The summed E-state index contributed by atoms with van der Waals surface area (Å²) in [6.07, 6.45) is 6.52. The predicted octanol–water partition coefficient (Wildman–Crippen LogP) is 5.27. The van der Waals surface area contributed by atoms with Crippen molar-refractivity contribution in [3.05, 3.63) is 20.3 Å². The van der Waals surface area contributed by atoms with E-state index in [9.17, 15) is 0 Å². The van der Waals surface area contributed by atoms with Gasteiger partial charge in [0.15, 0.2) is 0 Å². The lowest BCUT2D eigenvalue weighted by molar-refractivity contribution is 0.435. The van der Waals surface area contributed by atoms with Gasteiger partial charge in [0.1, 0.15) is 0 Å². The molecule has 0 spiro atoms. The molecule has 1 unspecified atom stereocenters. The van der Waals surface area contributed by atoms with Gasteiger partial charge in [0.05, 0.1) is 0 Å². The van der Waals surface area contributed by atoms with Crippen LogP contribution in [-0.4, -0.2) is 6.04 Å². The number of nitrogens with one attached hydrogen (secondary N) is 1. The average molecular weight is 318 g/mol. The third-order valence-electron chi connectivity index (χ3n) is 3.02. The molecule has 1 rings (SSSR count). The van der Waals surface area contributed by atoms with Crippen LogP contribution in [0.25, 0.3) is 0 Å². The predicted molar refractivity (Wildman–Crippen MR) is 81.8 cm³/mol. The second kappa shape index (κ2) is 8.28. The molecular formula is C14H24BrNS. The topological polar surface area (TPSA) is 12.0 Å². The van der Waals surface area contributed by atoms with Crippen LogP contribution < -0.4 is 5.32 Å². The van der Waals surface area contributed by atoms with Crippen LogP contribution in [0.3, 0.4) is 0 Å². The van der Waals surface area contributed by atoms with Gasteiger partial charge >= 0.3 is 0 Å². The molecule has 0 saturated heterocycles. The van der Waals surface area contributed by atoms with Crippen LogP contribution in [-0.2, 0) is 6.54 Å². The fourth-order valence-corrected chi connectivity index (χ4v) is 3.55. The van der Waals surface area contributed by atoms with E-state index in [0.717, 1.165) is 6.54 Å². The van der Waals surface area contributed by atoms with Crippen molar-refractivity contribution >= 4 is 27.3 Å². The van der Waals surface area contributed by atoms with E-state index in [2.05, 4.69) is 48.1 Å². The highest BCUT2D eigenvalue weighted by atomic mass is 79.9. The Labute approximate surface area is 118 Å². The van der Waals surface area contributed by atoms with Gasteiger partial charge in [-0.1, -0.05) is 33.1 Å². The molecule has 3 heteroatoms. The quantitative estimate of drug-likeness (QED) is 0.689. The van der Waals surface area contributed by atoms with Gasteiger partial charge in [-0.25, -0.2) is 0 Å². The third kappa shape index (κ3) is 5.54. The summed E-state index contributed by atoms with van der Waals surface area (Å²) >= 11 is 5.47. The number of unbranched alkanes of at least 4 members (excludes halogenated alkanes) is 1. The first-order valence-electron chi connectivity index (χ1n) is 6.65. The maximum Gasteiger partial charge on any atom is 0.0314 e. The molecule has 0 amide bonds. The molecule has 0 radical (unpaired) electrons. The Bertz CT molecular complexity index is 303. The minimum Gasteiger partial charge on any atom is -0.309 e. The van der Waals surface area contributed by atoms with Crippen molar-refractivity contribution in [3.8, 4) is 0 Å². The highest BCUT2D eigenvalue weighted by Crippen LogP contribution is 2.26. The van der Waals surface area contributed by atoms with Crippen molar-refractivity contribution in [2.24, 2.45) is 0 Å². The number of halogens is 1. The van der Waals surface area contributed by atoms with Crippen LogP contribution in [0.4, 0.5) is 0 Å². The van der Waals surface area contributed by atoms with Crippen LogP contribution in [0.1, 0.15) is 55.7 Å². The zero-order valence-corrected chi connectivity index (χ0v) is 13.6. The van der Waals surface area contributed by atoms with Crippen LogP contribution in [0.2, 0.25) is 0 Å². The number of hydrogen-bond donors (Lipinski definition) is 1. The van der Waals surface area contributed by atoms with Crippen molar-refractivity contribution in [2.45, 2.75) is 65.5 Å².